The van der Waals surface area contributed by atoms with E-state index in [1.807, 2.05) is 18.2 Å². The molecular weight excluding hydrogens is 312 g/mol. The largest absolute Gasteiger partial charge is 0.454 e. The number of β-amino-alcohol motifs (C(OH)–C–C–N with tert-alkyl or cyclic N) is 1. The Labute approximate surface area is 138 Å². The van der Waals surface area contributed by atoms with E-state index in [0.29, 0.717) is 24.4 Å². The summed E-state index contributed by atoms with van der Waals surface area (Å²) < 4.78 is 15.7. The van der Waals surface area contributed by atoms with Crippen molar-refractivity contribution >= 4 is 5.91 Å². The number of aryl methyl sites for hydroxylation is 1. The van der Waals surface area contributed by atoms with Gasteiger partial charge in [-0.1, -0.05) is 11.2 Å². The smallest absolute Gasteiger partial charge is 0.292 e. The van der Waals surface area contributed by atoms with E-state index in [4.69, 9.17) is 14.0 Å². The zero-order valence-electron chi connectivity index (χ0n) is 13.3. The maximum Gasteiger partial charge on any atom is 0.292 e. The summed E-state index contributed by atoms with van der Waals surface area (Å²) in [6.07, 6.45) is 0.0201. The molecule has 0 radical (unpaired) electrons. The predicted molar refractivity (Wildman–Crippen MR) is 83.1 cm³/mol. The molecule has 7 nitrogen and oxygen atoms in total. The Bertz CT molecular complexity index is 772. The van der Waals surface area contributed by atoms with Crippen LogP contribution in [0.15, 0.2) is 28.8 Å². The molecule has 1 aromatic heterocycles. The number of rotatable bonds is 2. The minimum atomic E-state index is -0.646. The Balaban J connectivity index is 1.47. The third kappa shape index (κ3) is 2.60. The number of carbonyl (C=O) groups excluding carboxylic acids is 1. The van der Waals surface area contributed by atoms with E-state index in [1.165, 1.54) is 0 Å². The van der Waals surface area contributed by atoms with E-state index in [2.05, 4.69) is 5.16 Å². The van der Waals surface area contributed by atoms with Crippen LogP contribution < -0.4 is 9.47 Å². The van der Waals surface area contributed by atoms with E-state index in [-0.39, 0.29) is 30.9 Å². The first-order valence-electron chi connectivity index (χ1n) is 7.92. The van der Waals surface area contributed by atoms with Gasteiger partial charge in [-0.05, 0) is 31.0 Å². The number of hydrogen-bond donors (Lipinski definition) is 1. The molecule has 7 heteroatoms. The lowest BCUT2D eigenvalue weighted by Gasteiger charge is -2.35. The van der Waals surface area contributed by atoms with Crippen molar-refractivity contribution in [1.82, 2.24) is 10.1 Å². The number of ether oxygens (including phenoxy) is 2. The first kappa shape index (κ1) is 15.0. The number of likely N-dealkylation sites (tertiary alicyclic amines) is 1. The molecule has 1 saturated heterocycles. The molecule has 0 bridgehead atoms. The molecule has 2 atom stereocenters. The van der Waals surface area contributed by atoms with Gasteiger partial charge in [0.25, 0.3) is 5.91 Å². The minimum Gasteiger partial charge on any atom is -0.454 e. The van der Waals surface area contributed by atoms with E-state index < -0.39 is 6.10 Å². The fourth-order valence-electron chi connectivity index (χ4n) is 3.27. The highest BCUT2D eigenvalue weighted by Crippen LogP contribution is 2.37. The first-order chi connectivity index (χ1) is 11.6. The van der Waals surface area contributed by atoms with Crippen molar-refractivity contribution in [2.75, 3.05) is 19.9 Å². The molecular formula is C17H18N2O5. The summed E-state index contributed by atoms with van der Waals surface area (Å²) in [4.78, 5) is 14.0. The van der Waals surface area contributed by atoms with Crippen LogP contribution in [-0.4, -0.2) is 47.1 Å². The van der Waals surface area contributed by atoms with Crippen molar-refractivity contribution in [2.24, 2.45) is 0 Å². The van der Waals surface area contributed by atoms with E-state index in [1.54, 1.807) is 17.9 Å². The predicted octanol–water partition coefficient (Wildman–Crippen LogP) is 1.70. The number of aliphatic hydroxyl groups excluding tert-OH is 1. The van der Waals surface area contributed by atoms with Gasteiger partial charge in [0.05, 0.1) is 11.8 Å². The van der Waals surface area contributed by atoms with E-state index in [9.17, 15) is 9.90 Å². The van der Waals surface area contributed by atoms with Gasteiger partial charge in [-0.2, -0.15) is 0 Å². The molecule has 0 spiro atoms. The molecule has 2 aliphatic heterocycles. The summed E-state index contributed by atoms with van der Waals surface area (Å²) in [6, 6.07) is 7.32. The molecule has 126 valence electrons. The Kier molecular flexibility index (Phi) is 3.65. The number of benzene rings is 1. The van der Waals surface area contributed by atoms with Gasteiger partial charge < -0.3 is 24.0 Å². The lowest BCUT2D eigenvalue weighted by Crippen LogP contribution is -2.45. The van der Waals surface area contributed by atoms with Crippen molar-refractivity contribution < 1.29 is 23.9 Å². The highest BCUT2D eigenvalue weighted by atomic mass is 16.7. The number of hydrogen-bond acceptors (Lipinski definition) is 6. The SMILES string of the molecule is Cc1cc(C(=O)N2CC[C@@H](c3ccc4c(c3)OCO4)[C@H](O)C2)on1. The molecule has 0 unspecified atom stereocenters. The van der Waals surface area contributed by atoms with Gasteiger partial charge in [-0.3, -0.25) is 4.79 Å². The fourth-order valence-corrected chi connectivity index (χ4v) is 3.27. The molecule has 1 fully saturated rings. The van der Waals surface area contributed by atoms with Crippen LogP contribution in [0.25, 0.3) is 0 Å². The topological polar surface area (TPSA) is 85.0 Å². The second-order valence-electron chi connectivity index (χ2n) is 6.16. The Morgan fingerprint density at radius 1 is 1.29 bits per heavy atom. The van der Waals surface area contributed by atoms with Crippen molar-refractivity contribution in [3.8, 4) is 11.5 Å². The number of nitrogens with zero attached hydrogens (tertiary/aromatic N) is 2. The molecule has 24 heavy (non-hydrogen) atoms. The molecule has 1 N–H and O–H groups in total. The Morgan fingerprint density at radius 2 is 2.12 bits per heavy atom. The Morgan fingerprint density at radius 3 is 2.88 bits per heavy atom. The van der Waals surface area contributed by atoms with Crippen LogP contribution in [0.2, 0.25) is 0 Å². The van der Waals surface area contributed by atoms with Gasteiger partial charge >= 0.3 is 0 Å². The molecule has 2 aliphatic rings. The summed E-state index contributed by atoms with van der Waals surface area (Å²) in [7, 11) is 0. The number of aliphatic hydroxyl groups is 1. The second-order valence-corrected chi connectivity index (χ2v) is 6.16. The minimum absolute atomic E-state index is 0.0417. The van der Waals surface area contributed by atoms with Gasteiger partial charge in [0.1, 0.15) is 0 Å². The van der Waals surface area contributed by atoms with Crippen molar-refractivity contribution in [3.63, 3.8) is 0 Å². The number of fused-ring (bicyclic) bond motifs is 1. The average molecular weight is 330 g/mol. The van der Waals surface area contributed by atoms with Gasteiger partial charge in [0.2, 0.25) is 12.6 Å². The molecule has 1 aromatic carbocycles. The molecule has 0 saturated carbocycles. The maximum absolute atomic E-state index is 12.4. The van der Waals surface area contributed by atoms with E-state index >= 15 is 0 Å². The van der Waals surface area contributed by atoms with Crippen LogP contribution in [-0.2, 0) is 0 Å². The van der Waals surface area contributed by atoms with Crippen LogP contribution in [0, 0.1) is 6.92 Å². The van der Waals surface area contributed by atoms with Gasteiger partial charge in [-0.25, -0.2) is 0 Å². The zero-order chi connectivity index (χ0) is 16.7. The molecule has 0 aliphatic carbocycles. The molecule has 4 rings (SSSR count). The van der Waals surface area contributed by atoms with Crippen LogP contribution in [0.4, 0.5) is 0 Å². The van der Waals surface area contributed by atoms with Crippen LogP contribution >= 0.6 is 0 Å². The lowest BCUT2D eigenvalue weighted by molar-refractivity contribution is 0.0353. The highest BCUT2D eigenvalue weighted by Gasteiger charge is 2.33. The molecule has 3 heterocycles. The summed E-state index contributed by atoms with van der Waals surface area (Å²) in [5.74, 6) is 1.36. The van der Waals surface area contributed by atoms with E-state index in [0.717, 1.165) is 11.3 Å². The number of amides is 1. The molecule has 2 aromatic rings. The quantitative estimate of drug-likeness (QED) is 0.902. The maximum atomic E-state index is 12.4. The van der Waals surface area contributed by atoms with Gasteiger partial charge in [-0.15, -0.1) is 0 Å². The van der Waals surface area contributed by atoms with Crippen LogP contribution in [0.1, 0.15) is 34.2 Å². The lowest BCUT2D eigenvalue weighted by atomic mass is 9.87. The van der Waals surface area contributed by atoms with Crippen molar-refractivity contribution in [2.45, 2.75) is 25.4 Å². The highest BCUT2D eigenvalue weighted by molar-refractivity contribution is 5.91. The average Bonchev–Trinajstić information content (AvgIpc) is 3.22. The monoisotopic (exact) mass is 330 g/mol. The van der Waals surface area contributed by atoms with Gasteiger partial charge in [0.15, 0.2) is 11.5 Å². The fraction of sp³-hybridized carbons (Fsp3) is 0.412. The third-order valence-corrected chi connectivity index (χ3v) is 4.53. The summed E-state index contributed by atoms with van der Waals surface area (Å²) in [6.45, 7) is 2.80. The summed E-state index contributed by atoms with van der Waals surface area (Å²) in [5.41, 5.74) is 1.66. The van der Waals surface area contributed by atoms with Crippen LogP contribution in [0.3, 0.4) is 0 Å². The first-order valence-corrected chi connectivity index (χ1v) is 7.92. The Hall–Kier alpha value is -2.54. The normalized spacial score (nSPS) is 22.7. The number of carbonyl (C=O) groups is 1. The molecule has 1 amide bonds. The van der Waals surface area contributed by atoms with Crippen molar-refractivity contribution in [1.29, 1.82) is 0 Å². The van der Waals surface area contributed by atoms with Crippen LogP contribution in [0.5, 0.6) is 11.5 Å². The summed E-state index contributed by atoms with van der Waals surface area (Å²) >= 11 is 0. The van der Waals surface area contributed by atoms with Gasteiger partial charge in [0, 0.05) is 25.1 Å². The standard InChI is InChI=1S/C17H18N2O5/c1-10-6-16(24-18-10)17(21)19-5-4-12(13(20)8-19)11-2-3-14-15(7-11)23-9-22-14/h2-3,6-7,12-13,20H,4-5,8-9H2,1H3/t12-,13+/m0/s1. The van der Waals surface area contributed by atoms with Crippen molar-refractivity contribution in [3.05, 3.63) is 41.3 Å². The third-order valence-electron chi connectivity index (χ3n) is 4.53. The zero-order valence-corrected chi connectivity index (χ0v) is 13.3. The number of aromatic nitrogens is 1. The number of piperidine rings is 1. The summed E-state index contributed by atoms with van der Waals surface area (Å²) in [5, 5.41) is 14.3. The second kappa shape index (κ2) is 5.83.